The van der Waals surface area contributed by atoms with Crippen molar-refractivity contribution in [1.82, 2.24) is 20.0 Å². The van der Waals surface area contributed by atoms with E-state index in [4.69, 9.17) is 4.52 Å². The molecule has 1 N–H and O–H groups in total. The summed E-state index contributed by atoms with van der Waals surface area (Å²) >= 11 is 0. The fourth-order valence-electron chi connectivity index (χ4n) is 3.08. The molecule has 1 atom stereocenters. The minimum Gasteiger partial charge on any atom is -0.361 e. The Bertz CT molecular complexity index is 637. The zero-order valence-corrected chi connectivity index (χ0v) is 14.8. The van der Waals surface area contributed by atoms with Crippen molar-refractivity contribution in [2.75, 3.05) is 18.4 Å². The average Bonchev–Trinajstić information content (AvgIpc) is 3.23. The lowest BCUT2D eigenvalue weighted by Gasteiger charge is -2.22. The van der Waals surface area contributed by atoms with Crippen LogP contribution in [-0.4, -0.2) is 33.1 Å². The number of hydrogen-bond donors (Lipinski definition) is 1. The van der Waals surface area contributed by atoms with Crippen LogP contribution in [0.25, 0.3) is 0 Å². The zero-order valence-electron chi connectivity index (χ0n) is 14.8. The maximum Gasteiger partial charge on any atom is 0.222 e. The van der Waals surface area contributed by atoms with Gasteiger partial charge in [0.2, 0.25) is 5.95 Å². The van der Waals surface area contributed by atoms with Crippen molar-refractivity contribution in [3.8, 4) is 0 Å². The topological polar surface area (TPSA) is 67.1 Å². The maximum absolute atomic E-state index is 5.48. The lowest BCUT2D eigenvalue weighted by Crippen LogP contribution is -2.23. The third kappa shape index (κ3) is 3.93. The molecule has 1 fully saturated rings. The molecule has 0 bridgehead atoms. The second kappa shape index (κ2) is 7.75. The Labute approximate surface area is 143 Å². The number of nitrogens with zero attached hydrogens (tertiary/aromatic N) is 4. The highest BCUT2D eigenvalue weighted by Crippen LogP contribution is 2.33. The SMILES string of the molecule is CCCNc1ncc(CN2CCC[C@@H]2c2cc(C(C)C)on2)cn1. The van der Waals surface area contributed by atoms with Gasteiger partial charge in [-0.3, -0.25) is 4.90 Å². The summed E-state index contributed by atoms with van der Waals surface area (Å²) in [5.74, 6) is 2.04. The summed E-state index contributed by atoms with van der Waals surface area (Å²) in [6.45, 7) is 9.21. The molecular weight excluding hydrogens is 302 g/mol. The summed E-state index contributed by atoms with van der Waals surface area (Å²) in [5, 5.41) is 7.51. The summed E-state index contributed by atoms with van der Waals surface area (Å²) in [5.41, 5.74) is 2.19. The Kier molecular flexibility index (Phi) is 5.45. The largest absolute Gasteiger partial charge is 0.361 e. The van der Waals surface area contributed by atoms with Gasteiger partial charge >= 0.3 is 0 Å². The molecule has 0 amide bonds. The predicted molar refractivity (Wildman–Crippen MR) is 93.8 cm³/mol. The van der Waals surface area contributed by atoms with E-state index in [1.165, 1.54) is 6.42 Å². The van der Waals surface area contributed by atoms with Crippen LogP contribution in [0.4, 0.5) is 5.95 Å². The molecule has 24 heavy (non-hydrogen) atoms. The van der Waals surface area contributed by atoms with Gasteiger partial charge in [-0.05, 0) is 25.8 Å². The van der Waals surface area contributed by atoms with E-state index in [2.05, 4.69) is 52.2 Å². The molecule has 2 aromatic heterocycles. The van der Waals surface area contributed by atoms with Crippen LogP contribution in [0.3, 0.4) is 0 Å². The molecule has 0 aliphatic carbocycles. The summed E-state index contributed by atoms with van der Waals surface area (Å²) in [6, 6.07) is 2.45. The van der Waals surface area contributed by atoms with Gasteiger partial charge in [0.25, 0.3) is 0 Å². The Morgan fingerprint density at radius 2 is 2.12 bits per heavy atom. The minimum absolute atomic E-state index is 0.333. The first-order valence-corrected chi connectivity index (χ1v) is 8.92. The molecule has 0 unspecified atom stereocenters. The van der Waals surface area contributed by atoms with Crippen molar-refractivity contribution in [2.45, 2.75) is 58.5 Å². The van der Waals surface area contributed by atoms with Gasteiger partial charge in [-0.25, -0.2) is 9.97 Å². The fourth-order valence-corrected chi connectivity index (χ4v) is 3.08. The van der Waals surface area contributed by atoms with Gasteiger partial charge in [0.05, 0.1) is 6.04 Å². The number of aromatic nitrogens is 3. The van der Waals surface area contributed by atoms with Gasteiger partial charge < -0.3 is 9.84 Å². The molecule has 1 aliphatic heterocycles. The van der Waals surface area contributed by atoms with Crippen molar-refractivity contribution >= 4 is 5.95 Å². The average molecular weight is 329 g/mol. The zero-order chi connectivity index (χ0) is 16.9. The first kappa shape index (κ1) is 16.9. The van der Waals surface area contributed by atoms with Gasteiger partial charge in [0, 0.05) is 43.0 Å². The fraction of sp³-hybridized carbons (Fsp3) is 0.611. The van der Waals surface area contributed by atoms with E-state index in [1.807, 2.05) is 12.4 Å². The molecule has 6 nitrogen and oxygen atoms in total. The number of anilines is 1. The summed E-state index contributed by atoms with van der Waals surface area (Å²) in [6.07, 6.45) is 7.22. The van der Waals surface area contributed by atoms with Gasteiger partial charge in [-0.2, -0.15) is 0 Å². The molecule has 6 heteroatoms. The van der Waals surface area contributed by atoms with Crippen molar-refractivity contribution in [2.24, 2.45) is 0 Å². The van der Waals surface area contributed by atoms with Crippen LogP contribution >= 0.6 is 0 Å². The lowest BCUT2D eigenvalue weighted by atomic mass is 10.1. The minimum atomic E-state index is 0.333. The van der Waals surface area contributed by atoms with Gasteiger partial charge in [0.15, 0.2) is 0 Å². The van der Waals surface area contributed by atoms with Crippen LogP contribution in [-0.2, 0) is 6.54 Å². The Morgan fingerprint density at radius 1 is 1.33 bits per heavy atom. The molecule has 0 spiro atoms. The molecule has 130 valence electrons. The number of hydrogen-bond acceptors (Lipinski definition) is 6. The maximum atomic E-state index is 5.48. The highest BCUT2D eigenvalue weighted by atomic mass is 16.5. The molecule has 0 aromatic carbocycles. The molecule has 1 saturated heterocycles. The standard InChI is InChI=1S/C18H27N5O/c1-4-7-19-18-20-10-14(11-21-18)12-23-8-5-6-16(23)15-9-17(13(2)3)24-22-15/h9-11,13,16H,4-8,12H2,1-3H3,(H,19,20,21)/t16-/m1/s1. The third-order valence-corrected chi connectivity index (χ3v) is 4.44. The first-order valence-electron chi connectivity index (χ1n) is 8.92. The number of likely N-dealkylation sites (tertiary alicyclic amines) is 1. The van der Waals surface area contributed by atoms with Crippen molar-refractivity contribution in [1.29, 1.82) is 0 Å². The van der Waals surface area contributed by atoms with Crippen LogP contribution in [0.15, 0.2) is 23.0 Å². The van der Waals surface area contributed by atoms with Crippen LogP contribution < -0.4 is 5.32 Å². The molecule has 3 rings (SSSR count). The second-order valence-electron chi connectivity index (χ2n) is 6.78. The van der Waals surface area contributed by atoms with Crippen molar-refractivity contribution < 1.29 is 4.52 Å². The van der Waals surface area contributed by atoms with Crippen LogP contribution in [0.5, 0.6) is 0 Å². The number of rotatable bonds is 7. The first-order chi connectivity index (χ1) is 11.7. The highest BCUT2D eigenvalue weighted by Gasteiger charge is 2.29. The monoisotopic (exact) mass is 329 g/mol. The normalized spacial score (nSPS) is 18.4. The van der Waals surface area contributed by atoms with Gasteiger partial charge in [-0.15, -0.1) is 0 Å². The predicted octanol–water partition coefficient (Wildman–Crippen LogP) is 3.75. The highest BCUT2D eigenvalue weighted by molar-refractivity contribution is 5.24. The molecular formula is C18H27N5O. The molecule has 0 saturated carbocycles. The van der Waals surface area contributed by atoms with Crippen molar-refractivity contribution in [3.05, 3.63) is 35.5 Å². The molecule has 0 radical (unpaired) electrons. The Balaban J connectivity index is 1.65. The van der Waals surface area contributed by atoms with E-state index in [-0.39, 0.29) is 0 Å². The van der Waals surface area contributed by atoms with Crippen LogP contribution in [0, 0.1) is 0 Å². The molecule has 1 aliphatic rings. The Hall–Kier alpha value is -1.95. The van der Waals surface area contributed by atoms with Crippen molar-refractivity contribution in [3.63, 3.8) is 0 Å². The number of nitrogens with one attached hydrogen (secondary N) is 1. The summed E-state index contributed by atoms with van der Waals surface area (Å²) < 4.78 is 5.48. The third-order valence-electron chi connectivity index (χ3n) is 4.44. The quantitative estimate of drug-likeness (QED) is 0.834. The second-order valence-corrected chi connectivity index (χ2v) is 6.78. The van der Waals surface area contributed by atoms with E-state index in [1.54, 1.807) is 0 Å². The van der Waals surface area contributed by atoms with E-state index < -0.39 is 0 Å². The van der Waals surface area contributed by atoms with E-state index in [9.17, 15) is 0 Å². The van der Waals surface area contributed by atoms with E-state index >= 15 is 0 Å². The lowest BCUT2D eigenvalue weighted by molar-refractivity contribution is 0.235. The van der Waals surface area contributed by atoms with Gasteiger partial charge in [-0.1, -0.05) is 25.9 Å². The molecule has 2 aromatic rings. The summed E-state index contributed by atoms with van der Waals surface area (Å²) in [7, 11) is 0. The van der Waals surface area contributed by atoms with Crippen LogP contribution in [0.1, 0.15) is 69.0 Å². The Morgan fingerprint density at radius 3 is 2.79 bits per heavy atom. The van der Waals surface area contributed by atoms with Gasteiger partial charge in [0.1, 0.15) is 11.5 Å². The molecule has 3 heterocycles. The van der Waals surface area contributed by atoms with Crippen LogP contribution in [0.2, 0.25) is 0 Å². The van der Waals surface area contributed by atoms with E-state index in [0.29, 0.717) is 17.9 Å². The van der Waals surface area contributed by atoms with E-state index in [0.717, 1.165) is 49.5 Å². The summed E-state index contributed by atoms with van der Waals surface area (Å²) in [4.78, 5) is 11.2. The smallest absolute Gasteiger partial charge is 0.222 e.